The van der Waals surface area contributed by atoms with Crippen molar-refractivity contribution in [1.82, 2.24) is 15.0 Å². The third kappa shape index (κ3) is 8.84. The van der Waals surface area contributed by atoms with Crippen molar-refractivity contribution >= 4 is 35.3 Å². The molecule has 0 aliphatic heterocycles. The molecule has 4 aromatic heterocycles. The molecule has 1 radical (unpaired) electrons. The maximum Gasteiger partial charge on any atom is 0.216 e. The van der Waals surface area contributed by atoms with Gasteiger partial charge in [0.05, 0.1) is 13.7 Å². The van der Waals surface area contributed by atoms with Gasteiger partial charge in [0.1, 0.15) is 0 Å². The van der Waals surface area contributed by atoms with E-state index in [4.69, 9.17) is 14.4 Å². The van der Waals surface area contributed by atoms with E-state index in [2.05, 4.69) is 101 Å². The number of furan rings is 1. The van der Waals surface area contributed by atoms with Crippen LogP contribution in [0.2, 0.25) is 19.6 Å². The van der Waals surface area contributed by atoms with E-state index < -0.39 is 8.07 Å². The first kappa shape index (κ1) is 36.8. The second kappa shape index (κ2) is 15.2. The molecule has 1 aliphatic rings. The van der Waals surface area contributed by atoms with Gasteiger partial charge < -0.3 is 14.4 Å². The van der Waals surface area contributed by atoms with Crippen LogP contribution in [-0.2, 0) is 32.9 Å². The standard InChI is InChI=1S/C24H23N2O.C19H26NSi.Ir/c1-15-12-22(25-14-18(15)13-17-6-3-4-7-17)21-9-5-8-19-20-11-10-16(2)26-24(20)27-23(19)21;1-19(2,3)13-16-12-17(15-10-8-7-9-11-15)20-14-18(16)21(4,5)6;/h5,8,10-12,14,17H,3-4,6-7,13H2,1-2H3;7-10,12,14H,13H2,1-6H3;/q2*-1;. The van der Waals surface area contributed by atoms with Gasteiger partial charge in [-0.2, -0.15) is 0 Å². The third-order valence-electron chi connectivity index (χ3n) is 9.40. The Bertz CT molecular complexity index is 2030. The number of fused-ring (bicyclic) bond motifs is 3. The first-order chi connectivity index (χ1) is 22.9. The zero-order valence-electron chi connectivity index (χ0n) is 30.3. The van der Waals surface area contributed by atoms with Crippen LogP contribution in [0.25, 0.3) is 44.6 Å². The molecule has 0 unspecified atom stereocenters. The summed E-state index contributed by atoms with van der Waals surface area (Å²) in [5.74, 6) is 0.830. The van der Waals surface area contributed by atoms with Gasteiger partial charge in [-0.25, -0.2) is 4.98 Å². The fourth-order valence-corrected chi connectivity index (χ4v) is 8.53. The Balaban J connectivity index is 0.000000194. The predicted molar refractivity (Wildman–Crippen MR) is 203 cm³/mol. The maximum absolute atomic E-state index is 6.11. The van der Waals surface area contributed by atoms with Gasteiger partial charge in [-0.05, 0) is 72.3 Å². The van der Waals surface area contributed by atoms with E-state index >= 15 is 0 Å². The zero-order valence-corrected chi connectivity index (χ0v) is 33.7. The molecule has 0 saturated heterocycles. The molecule has 0 bridgehead atoms. The quantitative estimate of drug-likeness (QED) is 0.124. The van der Waals surface area contributed by atoms with Crippen LogP contribution in [0.3, 0.4) is 0 Å². The predicted octanol–water partition coefficient (Wildman–Crippen LogP) is 10.9. The van der Waals surface area contributed by atoms with Gasteiger partial charge in [0.15, 0.2) is 0 Å². The summed E-state index contributed by atoms with van der Waals surface area (Å²) >= 11 is 0. The van der Waals surface area contributed by atoms with Crippen LogP contribution in [0, 0.1) is 37.3 Å². The monoisotopic (exact) mass is 844 g/mol. The molecule has 49 heavy (non-hydrogen) atoms. The topological polar surface area (TPSA) is 51.8 Å². The summed E-state index contributed by atoms with van der Waals surface area (Å²) in [4.78, 5) is 14.0. The van der Waals surface area contributed by atoms with Crippen LogP contribution in [-0.4, -0.2) is 23.0 Å². The normalized spacial score (nSPS) is 13.7. The van der Waals surface area contributed by atoms with Gasteiger partial charge in [0, 0.05) is 43.6 Å². The van der Waals surface area contributed by atoms with E-state index in [9.17, 15) is 0 Å². The minimum atomic E-state index is -1.37. The molecular formula is C43H49IrN3OSi-2. The molecular weight excluding hydrogens is 795 g/mol. The van der Waals surface area contributed by atoms with Crippen molar-refractivity contribution in [2.75, 3.05) is 0 Å². The summed E-state index contributed by atoms with van der Waals surface area (Å²) in [6.45, 7) is 18.3. The van der Waals surface area contributed by atoms with Crippen molar-refractivity contribution in [3.63, 3.8) is 0 Å². The van der Waals surface area contributed by atoms with Crippen LogP contribution in [0.4, 0.5) is 0 Å². The summed E-state index contributed by atoms with van der Waals surface area (Å²) in [6, 6.07) is 27.3. The van der Waals surface area contributed by atoms with Crippen molar-refractivity contribution in [1.29, 1.82) is 0 Å². The number of hydrogen-bond acceptors (Lipinski definition) is 4. The first-order valence-corrected chi connectivity index (χ1v) is 21.0. The average Bonchev–Trinajstić information content (AvgIpc) is 3.69. The van der Waals surface area contributed by atoms with Crippen LogP contribution >= 0.6 is 0 Å². The number of rotatable bonds is 6. The van der Waals surface area contributed by atoms with Crippen LogP contribution < -0.4 is 5.19 Å². The van der Waals surface area contributed by atoms with Crippen molar-refractivity contribution < 1.29 is 24.5 Å². The SMILES string of the molecule is CC(C)(C)Cc1cc(-c2[c-]cccc2)ncc1[Si](C)(C)C.Cc1ccc2c(n1)oc1c(-c3cc(C)c(CC4CCCC4)cn3)[c-]ccc12.[Ir]. The Morgan fingerprint density at radius 1 is 0.837 bits per heavy atom. The summed E-state index contributed by atoms with van der Waals surface area (Å²) in [5.41, 5.74) is 10.8. The molecule has 4 nitrogen and oxygen atoms in total. The molecule has 0 spiro atoms. The van der Waals surface area contributed by atoms with Gasteiger partial charge in [-0.1, -0.05) is 100 Å². The van der Waals surface area contributed by atoms with E-state index in [1.807, 2.05) is 43.3 Å². The maximum atomic E-state index is 6.11. The van der Waals surface area contributed by atoms with E-state index in [1.54, 1.807) is 0 Å². The van der Waals surface area contributed by atoms with Gasteiger partial charge in [0.2, 0.25) is 5.71 Å². The van der Waals surface area contributed by atoms with Crippen molar-refractivity contribution in [2.45, 2.75) is 92.8 Å². The van der Waals surface area contributed by atoms with Crippen LogP contribution in [0.1, 0.15) is 68.8 Å². The fraction of sp³-hybridized carbons (Fsp3) is 0.372. The summed E-state index contributed by atoms with van der Waals surface area (Å²) < 4.78 is 6.11. The Morgan fingerprint density at radius 2 is 1.59 bits per heavy atom. The fourth-order valence-electron chi connectivity index (χ4n) is 6.96. The molecule has 1 saturated carbocycles. The number of aromatic nitrogens is 3. The minimum Gasteiger partial charge on any atom is -0.486 e. The Morgan fingerprint density at radius 3 is 2.27 bits per heavy atom. The van der Waals surface area contributed by atoms with Gasteiger partial charge in [-0.3, -0.25) is 0 Å². The molecule has 1 aliphatic carbocycles. The van der Waals surface area contributed by atoms with E-state index in [1.165, 1.54) is 47.6 Å². The summed E-state index contributed by atoms with van der Waals surface area (Å²) in [5, 5.41) is 3.60. The molecule has 7 rings (SSSR count). The number of benzene rings is 2. The summed E-state index contributed by atoms with van der Waals surface area (Å²) in [6.07, 6.45) is 11.9. The molecule has 1 fully saturated rings. The van der Waals surface area contributed by atoms with Crippen LogP contribution in [0.5, 0.6) is 0 Å². The average molecular weight is 844 g/mol. The molecule has 0 atom stereocenters. The van der Waals surface area contributed by atoms with Gasteiger partial charge in [-0.15, -0.1) is 54.1 Å². The number of pyridine rings is 3. The zero-order chi connectivity index (χ0) is 34.1. The van der Waals surface area contributed by atoms with Crippen LogP contribution in [0.15, 0.2) is 77.5 Å². The second-order valence-electron chi connectivity index (χ2n) is 15.8. The molecule has 0 N–H and O–H groups in total. The largest absolute Gasteiger partial charge is 0.486 e. The molecule has 6 aromatic rings. The van der Waals surface area contributed by atoms with Crippen molar-refractivity contribution in [3.8, 4) is 22.5 Å². The number of hydrogen-bond donors (Lipinski definition) is 0. The molecule has 257 valence electrons. The van der Waals surface area contributed by atoms with Gasteiger partial charge >= 0.3 is 0 Å². The molecule has 0 amide bonds. The second-order valence-corrected chi connectivity index (χ2v) is 20.9. The Hall–Kier alpha value is -3.44. The molecule has 2 aromatic carbocycles. The summed E-state index contributed by atoms with van der Waals surface area (Å²) in [7, 11) is -1.37. The van der Waals surface area contributed by atoms with E-state index in [-0.39, 0.29) is 25.5 Å². The van der Waals surface area contributed by atoms with Gasteiger partial charge in [0.25, 0.3) is 0 Å². The smallest absolute Gasteiger partial charge is 0.216 e. The van der Waals surface area contributed by atoms with E-state index in [0.29, 0.717) is 5.71 Å². The third-order valence-corrected chi connectivity index (χ3v) is 11.5. The molecule has 6 heteroatoms. The number of aryl methyl sites for hydroxylation is 2. The van der Waals surface area contributed by atoms with E-state index in [0.717, 1.165) is 63.3 Å². The molecule has 4 heterocycles. The number of nitrogens with zero attached hydrogens (tertiary/aromatic N) is 3. The van der Waals surface area contributed by atoms with Crippen molar-refractivity contribution in [2.24, 2.45) is 11.3 Å². The Labute approximate surface area is 307 Å². The first-order valence-electron chi connectivity index (χ1n) is 17.5. The van der Waals surface area contributed by atoms with Crippen molar-refractivity contribution in [3.05, 3.63) is 108 Å². The minimum absolute atomic E-state index is 0. The Kier molecular flexibility index (Phi) is 11.4.